The summed E-state index contributed by atoms with van der Waals surface area (Å²) in [5.74, 6) is -0.429. The minimum atomic E-state index is -0.245. The van der Waals surface area contributed by atoms with Crippen molar-refractivity contribution in [1.82, 2.24) is 4.90 Å². The lowest BCUT2D eigenvalue weighted by Crippen LogP contribution is -2.29. The van der Waals surface area contributed by atoms with Gasteiger partial charge in [-0.3, -0.25) is 14.5 Å². The quantitative estimate of drug-likeness (QED) is 0.367. The number of anilines is 1. The molecule has 0 bridgehead atoms. The fourth-order valence-corrected chi connectivity index (χ4v) is 4.99. The Bertz CT molecular complexity index is 1050. The highest BCUT2D eigenvalue weighted by Gasteiger charge is 2.41. The van der Waals surface area contributed by atoms with Gasteiger partial charge in [0.1, 0.15) is 4.32 Å². The highest BCUT2D eigenvalue weighted by Crippen LogP contribution is 2.45. The second-order valence-corrected chi connectivity index (χ2v) is 8.87. The van der Waals surface area contributed by atoms with Gasteiger partial charge in [0.25, 0.3) is 11.8 Å². The Labute approximate surface area is 181 Å². The predicted molar refractivity (Wildman–Crippen MR) is 121 cm³/mol. The lowest BCUT2D eigenvalue weighted by Gasteiger charge is -2.17. The summed E-state index contributed by atoms with van der Waals surface area (Å²) in [4.78, 5) is 29.9. The molecular formula is C21H15BrN2O2S2. The Kier molecular flexibility index (Phi) is 5.23. The van der Waals surface area contributed by atoms with Gasteiger partial charge in [-0.25, -0.2) is 0 Å². The van der Waals surface area contributed by atoms with E-state index in [1.807, 2.05) is 48.5 Å². The maximum absolute atomic E-state index is 13.4. The zero-order chi connectivity index (χ0) is 19.8. The third-order valence-electron chi connectivity index (χ3n) is 4.55. The second-order valence-electron chi connectivity index (χ2n) is 6.31. The lowest BCUT2D eigenvalue weighted by molar-refractivity contribution is -0.122. The largest absolute Gasteiger partial charge is 0.303 e. The van der Waals surface area contributed by atoms with Gasteiger partial charge < -0.3 is 4.90 Å². The molecule has 0 atom stereocenters. The van der Waals surface area contributed by atoms with Crippen LogP contribution >= 0.6 is 39.9 Å². The Hall–Kier alpha value is -2.22. The van der Waals surface area contributed by atoms with Crippen LogP contribution < -0.4 is 4.90 Å². The van der Waals surface area contributed by atoms with E-state index in [2.05, 4.69) is 22.5 Å². The van der Waals surface area contributed by atoms with Crippen molar-refractivity contribution in [3.63, 3.8) is 0 Å². The monoisotopic (exact) mass is 470 g/mol. The van der Waals surface area contributed by atoms with Gasteiger partial charge in [0.2, 0.25) is 0 Å². The van der Waals surface area contributed by atoms with Gasteiger partial charge in [0, 0.05) is 16.6 Å². The fraction of sp³-hybridized carbons (Fsp3) is 0.0952. The molecular weight excluding hydrogens is 456 g/mol. The van der Waals surface area contributed by atoms with Crippen molar-refractivity contribution in [3.8, 4) is 0 Å². The van der Waals surface area contributed by atoms with Gasteiger partial charge in [0.15, 0.2) is 0 Å². The third kappa shape index (κ3) is 3.23. The molecule has 4 nitrogen and oxygen atoms in total. The maximum atomic E-state index is 13.4. The van der Waals surface area contributed by atoms with Crippen molar-refractivity contribution >= 4 is 67.3 Å². The van der Waals surface area contributed by atoms with Gasteiger partial charge in [-0.1, -0.05) is 76.3 Å². The molecule has 28 heavy (non-hydrogen) atoms. The molecule has 2 aliphatic rings. The molecule has 2 heterocycles. The molecule has 7 heteroatoms. The molecule has 2 aliphatic heterocycles. The van der Waals surface area contributed by atoms with Crippen molar-refractivity contribution in [2.45, 2.75) is 6.54 Å². The number of hydrogen-bond acceptors (Lipinski definition) is 4. The Morgan fingerprint density at radius 3 is 2.54 bits per heavy atom. The zero-order valence-electron chi connectivity index (χ0n) is 14.7. The summed E-state index contributed by atoms with van der Waals surface area (Å²) in [6.07, 6.45) is 1.63. The van der Waals surface area contributed by atoms with Gasteiger partial charge in [-0.15, -0.1) is 6.58 Å². The summed E-state index contributed by atoms with van der Waals surface area (Å²) in [5, 5.41) is 0. The Balaban J connectivity index is 1.82. The molecule has 1 fully saturated rings. The highest BCUT2D eigenvalue weighted by molar-refractivity contribution is 9.10. The molecule has 0 unspecified atom stereocenters. The third-order valence-corrected chi connectivity index (χ3v) is 6.49. The van der Waals surface area contributed by atoms with Gasteiger partial charge in [-0.05, 0) is 23.8 Å². The number of amides is 2. The van der Waals surface area contributed by atoms with Crippen LogP contribution in [0.5, 0.6) is 0 Å². The van der Waals surface area contributed by atoms with Crippen LogP contribution in [0.15, 0.2) is 70.6 Å². The van der Waals surface area contributed by atoms with Gasteiger partial charge in [0.05, 0.1) is 22.7 Å². The van der Waals surface area contributed by atoms with E-state index in [0.29, 0.717) is 27.9 Å². The van der Waals surface area contributed by atoms with Crippen LogP contribution in [0.1, 0.15) is 11.1 Å². The van der Waals surface area contributed by atoms with Crippen molar-refractivity contribution < 1.29 is 9.59 Å². The summed E-state index contributed by atoms with van der Waals surface area (Å²) in [7, 11) is 0. The fourth-order valence-electron chi connectivity index (χ4n) is 3.28. The van der Waals surface area contributed by atoms with Crippen LogP contribution in [0.4, 0.5) is 5.69 Å². The van der Waals surface area contributed by atoms with E-state index in [-0.39, 0.29) is 11.8 Å². The first-order valence-corrected chi connectivity index (χ1v) is 10.6. The van der Waals surface area contributed by atoms with E-state index in [0.717, 1.165) is 21.3 Å². The number of fused-ring (bicyclic) bond motifs is 1. The van der Waals surface area contributed by atoms with E-state index < -0.39 is 0 Å². The molecule has 2 amide bonds. The molecule has 0 saturated carbocycles. The molecule has 0 spiro atoms. The number of carbonyl (C=O) groups excluding carboxylic acids is 2. The summed E-state index contributed by atoms with van der Waals surface area (Å²) in [5.41, 5.74) is 2.97. The highest BCUT2D eigenvalue weighted by atomic mass is 79.9. The normalized spacial score (nSPS) is 18.8. The number of thioether (sulfide) groups is 1. The molecule has 2 aromatic carbocycles. The summed E-state index contributed by atoms with van der Waals surface area (Å²) < 4.78 is 1.29. The average molecular weight is 471 g/mol. The number of halogens is 1. The van der Waals surface area contributed by atoms with E-state index in [9.17, 15) is 9.59 Å². The number of nitrogens with zero attached hydrogens (tertiary/aromatic N) is 2. The minimum Gasteiger partial charge on any atom is -0.303 e. The molecule has 4 rings (SSSR count). The van der Waals surface area contributed by atoms with Crippen LogP contribution in [0.2, 0.25) is 0 Å². The SMILES string of the molecule is C=CCN1C(=O)/C(=C2\C(=O)N(Cc3ccccc3)c3ccc(Br)cc32)SC1=S. The molecule has 0 aromatic heterocycles. The number of hydrogen-bond donors (Lipinski definition) is 0. The number of benzene rings is 2. The molecule has 0 radical (unpaired) electrons. The van der Waals surface area contributed by atoms with Crippen molar-refractivity contribution in [3.05, 3.63) is 81.7 Å². The molecule has 0 N–H and O–H groups in total. The first-order valence-electron chi connectivity index (χ1n) is 8.56. The topological polar surface area (TPSA) is 40.6 Å². The van der Waals surface area contributed by atoms with Crippen LogP contribution in [-0.2, 0) is 16.1 Å². The van der Waals surface area contributed by atoms with Gasteiger partial charge >= 0.3 is 0 Å². The van der Waals surface area contributed by atoms with E-state index in [4.69, 9.17) is 12.2 Å². The van der Waals surface area contributed by atoms with Crippen LogP contribution in [-0.4, -0.2) is 27.6 Å². The molecule has 2 aromatic rings. The predicted octanol–water partition coefficient (Wildman–Crippen LogP) is 4.75. The molecule has 0 aliphatic carbocycles. The van der Waals surface area contributed by atoms with Gasteiger partial charge in [-0.2, -0.15) is 0 Å². The molecule has 140 valence electrons. The van der Waals surface area contributed by atoms with Crippen LogP contribution in [0.25, 0.3) is 5.57 Å². The smallest absolute Gasteiger partial charge is 0.267 e. The van der Waals surface area contributed by atoms with E-state index in [1.165, 1.54) is 16.7 Å². The summed E-state index contributed by atoms with van der Waals surface area (Å²) in [6.45, 7) is 4.44. The van der Waals surface area contributed by atoms with Crippen molar-refractivity contribution in [2.75, 3.05) is 11.4 Å². The van der Waals surface area contributed by atoms with E-state index >= 15 is 0 Å². The minimum absolute atomic E-state index is 0.184. The molecule has 1 saturated heterocycles. The average Bonchev–Trinajstić information content (AvgIpc) is 3.10. The summed E-state index contributed by atoms with van der Waals surface area (Å²) >= 11 is 10.0. The second kappa shape index (κ2) is 7.66. The number of thiocarbonyl (C=S) groups is 1. The number of carbonyl (C=O) groups is 2. The zero-order valence-corrected chi connectivity index (χ0v) is 17.9. The standard InChI is InChI=1S/C21H15BrN2O2S2/c1-2-10-23-20(26)18(28-21(23)27)17-15-11-14(22)8-9-16(15)24(19(17)25)12-13-6-4-3-5-7-13/h2-9,11H,1,10,12H2/b18-17+. The Morgan fingerprint density at radius 1 is 1.07 bits per heavy atom. The van der Waals surface area contributed by atoms with Crippen LogP contribution in [0, 0.1) is 0 Å². The first-order chi connectivity index (χ1) is 13.5. The van der Waals surface area contributed by atoms with E-state index in [1.54, 1.807) is 11.0 Å². The first kappa shape index (κ1) is 19.1. The lowest BCUT2D eigenvalue weighted by atomic mass is 10.1. The number of rotatable bonds is 4. The Morgan fingerprint density at radius 2 is 1.82 bits per heavy atom. The summed E-state index contributed by atoms with van der Waals surface area (Å²) in [6, 6.07) is 15.5. The van der Waals surface area contributed by atoms with Crippen molar-refractivity contribution in [1.29, 1.82) is 0 Å². The maximum Gasteiger partial charge on any atom is 0.267 e. The van der Waals surface area contributed by atoms with Crippen molar-refractivity contribution in [2.24, 2.45) is 0 Å². The van der Waals surface area contributed by atoms with Crippen LogP contribution in [0.3, 0.4) is 0 Å².